The molecule has 0 aliphatic carbocycles. The smallest absolute Gasteiger partial charge is 0.410 e. The predicted octanol–water partition coefficient (Wildman–Crippen LogP) is 2.39. The third-order valence-corrected chi connectivity index (χ3v) is 3.88. The Morgan fingerprint density at radius 3 is 2.74 bits per heavy atom. The van der Waals surface area contributed by atoms with Crippen molar-refractivity contribution in [2.45, 2.75) is 58.6 Å². The fraction of sp³-hybridized carbons (Fsp3) is 0.688. The number of carbonyl (C=O) groups is 2. The SMILES string of the molecule is Cc1c(CC(=O)O)cnn1C1CCCN(C(=O)OC(C)(C)C)C1. The molecule has 0 spiro atoms. The molecule has 1 aliphatic heterocycles. The van der Waals surface area contributed by atoms with E-state index in [9.17, 15) is 9.59 Å². The van der Waals surface area contributed by atoms with E-state index in [4.69, 9.17) is 9.84 Å². The molecule has 0 bridgehead atoms. The first-order valence-electron chi connectivity index (χ1n) is 7.90. The molecule has 128 valence electrons. The standard InChI is InChI=1S/C16H25N3O4/c1-11-12(8-14(20)21)9-17-19(11)13-6-5-7-18(10-13)15(22)23-16(2,3)4/h9,13H,5-8,10H2,1-4H3,(H,20,21). The molecule has 1 amide bonds. The first-order chi connectivity index (χ1) is 10.7. The molecular weight excluding hydrogens is 298 g/mol. The van der Waals surface area contributed by atoms with Crippen LogP contribution >= 0.6 is 0 Å². The van der Waals surface area contributed by atoms with Crippen LogP contribution in [0, 0.1) is 6.92 Å². The summed E-state index contributed by atoms with van der Waals surface area (Å²) in [4.78, 5) is 24.8. The summed E-state index contributed by atoms with van der Waals surface area (Å²) in [5.74, 6) is -0.869. The lowest BCUT2D eigenvalue weighted by atomic mass is 10.1. The maximum Gasteiger partial charge on any atom is 0.410 e. The summed E-state index contributed by atoms with van der Waals surface area (Å²) >= 11 is 0. The van der Waals surface area contributed by atoms with Gasteiger partial charge in [-0.15, -0.1) is 0 Å². The number of carboxylic acids is 1. The van der Waals surface area contributed by atoms with Crippen LogP contribution in [0.3, 0.4) is 0 Å². The number of hydrogen-bond donors (Lipinski definition) is 1. The van der Waals surface area contributed by atoms with Crippen LogP contribution < -0.4 is 0 Å². The van der Waals surface area contributed by atoms with Gasteiger partial charge in [0.1, 0.15) is 5.60 Å². The number of likely N-dealkylation sites (tertiary alicyclic amines) is 1. The minimum atomic E-state index is -0.869. The van der Waals surface area contributed by atoms with Crippen molar-refractivity contribution >= 4 is 12.1 Å². The number of nitrogens with zero attached hydrogens (tertiary/aromatic N) is 3. The largest absolute Gasteiger partial charge is 0.481 e. The van der Waals surface area contributed by atoms with Crippen molar-refractivity contribution in [1.29, 1.82) is 0 Å². The minimum absolute atomic E-state index is 0.0334. The first kappa shape index (κ1) is 17.3. The molecule has 0 aromatic carbocycles. The highest BCUT2D eigenvalue weighted by Gasteiger charge is 2.29. The fourth-order valence-electron chi connectivity index (χ4n) is 2.81. The minimum Gasteiger partial charge on any atom is -0.481 e. The highest BCUT2D eigenvalue weighted by atomic mass is 16.6. The van der Waals surface area contributed by atoms with Crippen LogP contribution in [-0.2, 0) is 16.0 Å². The maximum absolute atomic E-state index is 12.2. The number of amides is 1. The molecule has 1 saturated heterocycles. The summed E-state index contributed by atoms with van der Waals surface area (Å²) in [5, 5.41) is 13.3. The van der Waals surface area contributed by atoms with Crippen molar-refractivity contribution in [2.75, 3.05) is 13.1 Å². The van der Waals surface area contributed by atoms with E-state index in [1.54, 1.807) is 11.1 Å². The molecule has 7 heteroatoms. The Kier molecular flexibility index (Phi) is 4.97. The van der Waals surface area contributed by atoms with E-state index in [1.165, 1.54) is 0 Å². The Morgan fingerprint density at radius 1 is 1.43 bits per heavy atom. The van der Waals surface area contributed by atoms with Crippen molar-refractivity contribution < 1.29 is 19.4 Å². The molecule has 1 fully saturated rings. The molecule has 0 radical (unpaired) electrons. The number of ether oxygens (including phenoxy) is 1. The van der Waals surface area contributed by atoms with Crippen molar-refractivity contribution in [3.8, 4) is 0 Å². The summed E-state index contributed by atoms with van der Waals surface area (Å²) in [6.45, 7) is 8.63. The van der Waals surface area contributed by atoms with Crippen molar-refractivity contribution in [1.82, 2.24) is 14.7 Å². The summed E-state index contributed by atoms with van der Waals surface area (Å²) in [6.07, 6.45) is 3.05. The summed E-state index contributed by atoms with van der Waals surface area (Å²) in [6, 6.07) is 0.0545. The van der Waals surface area contributed by atoms with E-state index in [1.807, 2.05) is 32.4 Å². The van der Waals surface area contributed by atoms with Gasteiger partial charge in [0.2, 0.25) is 0 Å². The number of hydrogen-bond acceptors (Lipinski definition) is 4. The molecule has 1 aliphatic rings. The van der Waals surface area contributed by atoms with Gasteiger partial charge in [-0.3, -0.25) is 9.48 Å². The van der Waals surface area contributed by atoms with Crippen molar-refractivity contribution in [3.63, 3.8) is 0 Å². The van der Waals surface area contributed by atoms with Crippen LogP contribution in [0.4, 0.5) is 4.79 Å². The topological polar surface area (TPSA) is 84.7 Å². The average Bonchev–Trinajstić information content (AvgIpc) is 2.78. The number of aliphatic carboxylic acids is 1. The van der Waals surface area contributed by atoms with Crippen molar-refractivity contribution in [2.24, 2.45) is 0 Å². The molecule has 1 atom stereocenters. The fourth-order valence-corrected chi connectivity index (χ4v) is 2.81. The van der Waals surface area contributed by atoms with Crippen LogP contribution in [0.15, 0.2) is 6.20 Å². The van der Waals surface area contributed by atoms with Crippen LogP contribution in [0.25, 0.3) is 0 Å². The third-order valence-electron chi connectivity index (χ3n) is 3.88. The monoisotopic (exact) mass is 323 g/mol. The van der Waals surface area contributed by atoms with E-state index in [0.717, 1.165) is 18.5 Å². The maximum atomic E-state index is 12.2. The number of rotatable bonds is 3. The zero-order valence-corrected chi connectivity index (χ0v) is 14.2. The van der Waals surface area contributed by atoms with Crippen LogP contribution in [0.2, 0.25) is 0 Å². The van der Waals surface area contributed by atoms with Gasteiger partial charge in [-0.1, -0.05) is 0 Å². The Labute approximate surface area is 136 Å². The molecular formula is C16H25N3O4. The van der Waals surface area contributed by atoms with E-state index in [2.05, 4.69) is 5.10 Å². The molecule has 2 rings (SSSR count). The van der Waals surface area contributed by atoms with Crippen LogP contribution in [-0.4, -0.2) is 50.5 Å². The number of aromatic nitrogens is 2. The Balaban J connectivity index is 2.08. The molecule has 0 saturated carbocycles. The summed E-state index contributed by atoms with van der Waals surface area (Å²) < 4.78 is 7.27. The molecule has 7 nitrogen and oxygen atoms in total. The Hall–Kier alpha value is -2.05. The number of piperidine rings is 1. The predicted molar refractivity (Wildman–Crippen MR) is 84.4 cm³/mol. The Morgan fingerprint density at radius 2 is 2.13 bits per heavy atom. The van der Waals surface area contributed by atoms with Gasteiger partial charge in [0.05, 0.1) is 18.7 Å². The van der Waals surface area contributed by atoms with Gasteiger partial charge in [-0.2, -0.15) is 5.10 Å². The van der Waals surface area contributed by atoms with Crippen molar-refractivity contribution in [3.05, 3.63) is 17.5 Å². The summed E-state index contributed by atoms with van der Waals surface area (Å²) in [5.41, 5.74) is 1.05. The van der Waals surface area contributed by atoms with E-state index < -0.39 is 11.6 Å². The lowest BCUT2D eigenvalue weighted by Gasteiger charge is -2.34. The number of carboxylic acid groups (broad SMARTS) is 1. The van der Waals surface area contributed by atoms with Gasteiger partial charge < -0.3 is 14.7 Å². The zero-order valence-electron chi connectivity index (χ0n) is 14.2. The molecule has 1 aromatic heterocycles. The molecule has 1 aromatic rings. The average molecular weight is 323 g/mol. The quantitative estimate of drug-likeness (QED) is 0.923. The Bertz CT molecular complexity index is 589. The highest BCUT2D eigenvalue weighted by Crippen LogP contribution is 2.25. The second-order valence-corrected chi connectivity index (χ2v) is 6.99. The molecule has 1 unspecified atom stereocenters. The summed E-state index contributed by atoms with van der Waals surface area (Å²) in [7, 11) is 0. The van der Waals surface area contributed by atoms with E-state index in [-0.39, 0.29) is 18.6 Å². The van der Waals surface area contributed by atoms with Gasteiger partial charge in [-0.25, -0.2) is 4.79 Å². The highest BCUT2D eigenvalue weighted by molar-refractivity contribution is 5.70. The first-order valence-corrected chi connectivity index (χ1v) is 7.90. The second kappa shape index (κ2) is 6.60. The zero-order chi connectivity index (χ0) is 17.2. The number of carbonyl (C=O) groups excluding carboxylic acids is 1. The molecule has 2 heterocycles. The third kappa shape index (κ3) is 4.46. The van der Waals surface area contributed by atoms with Gasteiger partial charge >= 0.3 is 12.1 Å². The van der Waals surface area contributed by atoms with Crippen LogP contribution in [0.1, 0.15) is 50.9 Å². The van der Waals surface area contributed by atoms with E-state index >= 15 is 0 Å². The lowest BCUT2D eigenvalue weighted by molar-refractivity contribution is -0.136. The van der Waals surface area contributed by atoms with Gasteiger partial charge in [0, 0.05) is 24.3 Å². The van der Waals surface area contributed by atoms with Gasteiger partial charge in [0.15, 0.2) is 0 Å². The molecule has 23 heavy (non-hydrogen) atoms. The lowest BCUT2D eigenvalue weighted by Crippen LogP contribution is -2.43. The van der Waals surface area contributed by atoms with E-state index in [0.29, 0.717) is 18.7 Å². The van der Waals surface area contributed by atoms with Gasteiger partial charge in [0.25, 0.3) is 0 Å². The second-order valence-electron chi connectivity index (χ2n) is 6.99. The van der Waals surface area contributed by atoms with Gasteiger partial charge in [-0.05, 0) is 40.5 Å². The normalized spacial score (nSPS) is 18.8. The molecule has 1 N–H and O–H groups in total. The van der Waals surface area contributed by atoms with Crippen LogP contribution in [0.5, 0.6) is 0 Å².